The van der Waals surface area contributed by atoms with Crippen molar-refractivity contribution in [3.8, 4) is 5.75 Å². The lowest BCUT2D eigenvalue weighted by molar-refractivity contribution is -0.121. The van der Waals surface area contributed by atoms with Crippen molar-refractivity contribution in [2.24, 2.45) is 5.73 Å². The fourth-order valence-electron chi connectivity index (χ4n) is 3.22. The van der Waals surface area contributed by atoms with Crippen LogP contribution in [-0.2, 0) is 17.8 Å². The maximum absolute atomic E-state index is 13.8. The van der Waals surface area contributed by atoms with Gasteiger partial charge in [-0.25, -0.2) is 13.2 Å². The summed E-state index contributed by atoms with van der Waals surface area (Å²) in [6.07, 6.45) is -0.429. The number of hydrogen-bond donors (Lipinski definition) is 4. The molecular weight excluding hydrogens is 431 g/mol. The highest BCUT2D eigenvalue weighted by Gasteiger charge is 2.23. The van der Waals surface area contributed by atoms with Crippen LogP contribution in [0.2, 0.25) is 0 Å². The Morgan fingerprint density at radius 3 is 2.65 bits per heavy atom. The molecule has 0 radical (unpaired) electrons. The lowest BCUT2D eigenvalue weighted by Crippen LogP contribution is -2.38. The van der Waals surface area contributed by atoms with Crippen LogP contribution in [0.25, 0.3) is 0 Å². The number of hydrogen-bond acceptors (Lipinski definition) is 6. The van der Waals surface area contributed by atoms with Gasteiger partial charge in [0.05, 0.1) is 5.56 Å². The summed E-state index contributed by atoms with van der Waals surface area (Å²) in [5, 5.41) is 15.6. The molecule has 1 unspecified atom stereocenters. The number of nitrogens with one attached hydrogen (secondary N) is 2. The van der Waals surface area contributed by atoms with Crippen LogP contribution in [-0.4, -0.2) is 40.5 Å². The van der Waals surface area contributed by atoms with Crippen molar-refractivity contribution in [2.75, 3.05) is 12.3 Å². The minimum Gasteiger partial charge on any atom is -0.507 e. The van der Waals surface area contributed by atoms with Crippen molar-refractivity contribution in [2.45, 2.75) is 30.8 Å². The van der Waals surface area contributed by atoms with Gasteiger partial charge < -0.3 is 16.2 Å². The average molecular weight is 453 g/mol. The number of ketones is 1. The molecule has 2 aromatic carbocycles. The van der Waals surface area contributed by atoms with Crippen molar-refractivity contribution in [1.82, 2.24) is 10.6 Å². The van der Waals surface area contributed by atoms with Gasteiger partial charge in [0, 0.05) is 37.4 Å². The number of amides is 1. The Balaban J connectivity index is 1.62. The summed E-state index contributed by atoms with van der Waals surface area (Å²) in [7, 11) is 0. The number of carbonyl (C=O) groups is 2. The van der Waals surface area contributed by atoms with Crippen LogP contribution in [0.4, 0.5) is 13.2 Å². The number of halogens is 3. The number of carbonyl (C=O) groups excluding carboxylic acids is 2. The van der Waals surface area contributed by atoms with Crippen LogP contribution < -0.4 is 16.4 Å². The normalized spacial score (nSPS) is 16.8. The maximum atomic E-state index is 13.8. The summed E-state index contributed by atoms with van der Waals surface area (Å²) in [6.45, 7) is 0.930. The molecule has 1 aliphatic rings. The molecule has 0 aliphatic carbocycles. The van der Waals surface area contributed by atoms with E-state index in [-0.39, 0.29) is 47.5 Å². The van der Waals surface area contributed by atoms with Crippen molar-refractivity contribution in [3.05, 3.63) is 64.5 Å². The van der Waals surface area contributed by atoms with Gasteiger partial charge in [0.15, 0.2) is 17.4 Å². The molecule has 1 amide bonds. The third-order valence-electron chi connectivity index (χ3n) is 4.80. The molecule has 1 heterocycles. The van der Waals surface area contributed by atoms with Gasteiger partial charge in [-0.1, -0.05) is 6.07 Å². The zero-order valence-electron chi connectivity index (χ0n) is 16.5. The minimum absolute atomic E-state index is 0.0151. The van der Waals surface area contributed by atoms with Crippen LogP contribution in [0.3, 0.4) is 0 Å². The number of rotatable bonds is 8. The Morgan fingerprint density at radius 2 is 1.94 bits per heavy atom. The molecule has 0 aromatic heterocycles. The second-order valence-electron chi connectivity index (χ2n) is 7.22. The number of Topliss-reactive ketones (excluding diaryl/α,β-unsaturated/α-hetero) is 1. The van der Waals surface area contributed by atoms with Crippen LogP contribution >= 0.6 is 11.8 Å². The van der Waals surface area contributed by atoms with Gasteiger partial charge in [-0.2, -0.15) is 0 Å². The minimum atomic E-state index is -1.30. The number of nitrogens with two attached hydrogens (primary N) is 1. The summed E-state index contributed by atoms with van der Waals surface area (Å²) in [5.41, 5.74) is 6.39. The van der Waals surface area contributed by atoms with Gasteiger partial charge in [-0.3, -0.25) is 14.9 Å². The highest BCUT2D eigenvalue weighted by molar-refractivity contribution is 8.00. The molecule has 0 bridgehead atoms. The summed E-state index contributed by atoms with van der Waals surface area (Å²) < 4.78 is 40.2. The molecule has 2 atom stereocenters. The summed E-state index contributed by atoms with van der Waals surface area (Å²) in [4.78, 5) is 24.7. The summed E-state index contributed by atoms with van der Waals surface area (Å²) in [6, 6.07) is 4.66. The highest BCUT2D eigenvalue weighted by atomic mass is 32.2. The van der Waals surface area contributed by atoms with E-state index >= 15 is 0 Å². The van der Waals surface area contributed by atoms with Gasteiger partial charge in [-0.15, -0.1) is 11.8 Å². The Labute approximate surface area is 181 Å². The van der Waals surface area contributed by atoms with E-state index in [1.165, 1.54) is 23.9 Å². The first kappa shape index (κ1) is 23.1. The zero-order chi connectivity index (χ0) is 22.5. The molecule has 0 saturated carbocycles. The SMILES string of the molecule is N[C@@H](CC(=O)c1cc(CNC(=O)C2NCCS2)ccc1O)Cc1cc(F)c(F)cc1F. The van der Waals surface area contributed by atoms with Gasteiger partial charge >= 0.3 is 0 Å². The van der Waals surface area contributed by atoms with Crippen LogP contribution in [0.15, 0.2) is 30.3 Å². The fourth-order valence-corrected chi connectivity index (χ4v) is 4.16. The third-order valence-corrected chi connectivity index (χ3v) is 5.96. The molecule has 6 nitrogen and oxygen atoms in total. The second kappa shape index (κ2) is 10.2. The number of benzene rings is 2. The lowest BCUT2D eigenvalue weighted by atomic mass is 9.97. The monoisotopic (exact) mass is 453 g/mol. The van der Waals surface area contributed by atoms with E-state index < -0.39 is 29.3 Å². The van der Waals surface area contributed by atoms with Crippen LogP contribution in [0.5, 0.6) is 5.75 Å². The molecule has 5 N–H and O–H groups in total. The molecule has 1 fully saturated rings. The predicted octanol–water partition coefficient (Wildman–Crippen LogP) is 2.23. The first-order valence-electron chi connectivity index (χ1n) is 9.61. The lowest BCUT2D eigenvalue weighted by Gasteiger charge is -2.14. The third kappa shape index (κ3) is 5.99. The van der Waals surface area contributed by atoms with E-state index in [0.29, 0.717) is 17.7 Å². The molecule has 2 aromatic rings. The molecule has 3 rings (SSSR count). The number of thioether (sulfide) groups is 1. The van der Waals surface area contributed by atoms with E-state index in [1.807, 2.05) is 0 Å². The van der Waals surface area contributed by atoms with Crippen LogP contribution in [0, 0.1) is 17.5 Å². The molecule has 1 saturated heterocycles. The molecule has 10 heteroatoms. The van der Waals surface area contributed by atoms with Gasteiger partial charge in [-0.05, 0) is 35.7 Å². The van der Waals surface area contributed by atoms with E-state index in [0.717, 1.165) is 12.3 Å². The number of phenols is 1. The Bertz CT molecular complexity index is 984. The number of phenolic OH excluding ortho intramolecular Hbond substituents is 1. The second-order valence-corrected chi connectivity index (χ2v) is 8.44. The standard InChI is InChI=1S/C21H22F3N3O3S/c22-15-9-17(24)16(23)7-12(15)6-13(25)8-19(29)14-5-11(1-2-18(14)28)10-27-20(30)21-26-3-4-31-21/h1-2,5,7,9,13,21,26,28H,3-4,6,8,10,25H2,(H,27,30)/t13-,21?/m1/s1. The van der Waals surface area contributed by atoms with E-state index in [9.17, 15) is 27.9 Å². The van der Waals surface area contributed by atoms with E-state index in [2.05, 4.69) is 10.6 Å². The average Bonchev–Trinajstić information content (AvgIpc) is 3.26. The quantitative estimate of drug-likeness (QED) is 0.361. The first-order chi connectivity index (χ1) is 14.7. The van der Waals surface area contributed by atoms with Gasteiger partial charge in [0.25, 0.3) is 0 Å². The number of aromatic hydroxyl groups is 1. The molecule has 31 heavy (non-hydrogen) atoms. The Kier molecular flexibility index (Phi) is 7.58. The van der Waals surface area contributed by atoms with Crippen LogP contribution in [0.1, 0.15) is 27.9 Å². The van der Waals surface area contributed by atoms with E-state index in [4.69, 9.17) is 5.73 Å². The topological polar surface area (TPSA) is 104 Å². The smallest absolute Gasteiger partial charge is 0.247 e. The van der Waals surface area contributed by atoms with Crippen molar-refractivity contribution >= 4 is 23.5 Å². The van der Waals surface area contributed by atoms with Crippen molar-refractivity contribution < 1.29 is 27.9 Å². The molecule has 1 aliphatic heterocycles. The van der Waals surface area contributed by atoms with Crippen molar-refractivity contribution in [1.29, 1.82) is 0 Å². The first-order valence-corrected chi connectivity index (χ1v) is 10.7. The molecular formula is C21H22F3N3O3S. The van der Waals surface area contributed by atoms with Gasteiger partial charge in [0.2, 0.25) is 5.91 Å². The Hall–Kier alpha value is -2.56. The van der Waals surface area contributed by atoms with Crippen molar-refractivity contribution in [3.63, 3.8) is 0 Å². The summed E-state index contributed by atoms with van der Waals surface area (Å²) in [5.74, 6) is -3.51. The summed E-state index contributed by atoms with van der Waals surface area (Å²) >= 11 is 1.50. The molecule has 166 valence electrons. The predicted molar refractivity (Wildman–Crippen MR) is 111 cm³/mol. The van der Waals surface area contributed by atoms with Gasteiger partial charge in [0.1, 0.15) is 16.9 Å². The maximum Gasteiger partial charge on any atom is 0.247 e. The zero-order valence-corrected chi connectivity index (χ0v) is 17.3. The van der Waals surface area contributed by atoms with E-state index in [1.54, 1.807) is 6.07 Å². The largest absolute Gasteiger partial charge is 0.507 e. The Morgan fingerprint density at radius 1 is 1.19 bits per heavy atom. The highest BCUT2D eigenvalue weighted by Crippen LogP contribution is 2.22. The molecule has 0 spiro atoms. The fraction of sp³-hybridized carbons (Fsp3) is 0.333.